The lowest BCUT2D eigenvalue weighted by atomic mass is 10.2. The fourth-order valence-electron chi connectivity index (χ4n) is 2.03. The van der Waals surface area contributed by atoms with Gasteiger partial charge in [0.15, 0.2) is 6.61 Å². The van der Waals surface area contributed by atoms with Gasteiger partial charge in [-0.25, -0.2) is 9.18 Å². The van der Waals surface area contributed by atoms with Gasteiger partial charge in [0.1, 0.15) is 5.82 Å². The number of nitrogens with one attached hydrogen (secondary N) is 2. The van der Waals surface area contributed by atoms with E-state index in [9.17, 15) is 18.8 Å². The van der Waals surface area contributed by atoms with Gasteiger partial charge >= 0.3 is 5.97 Å². The molecule has 0 heterocycles. The summed E-state index contributed by atoms with van der Waals surface area (Å²) >= 11 is 9.04. The predicted molar refractivity (Wildman–Crippen MR) is 102 cm³/mol. The minimum Gasteiger partial charge on any atom is -0.452 e. The van der Waals surface area contributed by atoms with Gasteiger partial charge in [-0.2, -0.15) is 0 Å². The lowest BCUT2D eigenvalue weighted by molar-refractivity contribution is -0.126. The minimum atomic E-state index is -0.978. The minimum absolute atomic E-state index is 0.292. The molecule has 2 amide bonds. The summed E-state index contributed by atoms with van der Waals surface area (Å²) in [5.41, 5.74) is 0.934. The molecule has 0 aliphatic carbocycles. The monoisotopic (exact) mass is 456 g/mol. The molecule has 0 atom stereocenters. The van der Waals surface area contributed by atoms with Gasteiger partial charge in [0.2, 0.25) is 5.91 Å². The van der Waals surface area contributed by atoms with Crippen molar-refractivity contribution >= 4 is 51.0 Å². The van der Waals surface area contributed by atoms with E-state index in [1.807, 2.05) is 0 Å². The van der Waals surface area contributed by atoms with Gasteiger partial charge in [0.05, 0.1) is 12.1 Å². The molecule has 0 radical (unpaired) electrons. The number of amides is 2. The van der Waals surface area contributed by atoms with Crippen molar-refractivity contribution in [2.24, 2.45) is 0 Å². The van der Waals surface area contributed by atoms with Crippen molar-refractivity contribution in [1.82, 2.24) is 5.32 Å². The normalized spacial score (nSPS) is 10.2. The topological polar surface area (TPSA) is 84.5 Å². The molecule has 0 aliphatic heterocycles. The third-order valence-corrected chi connectivity index (χ3v) is 4.38. The largest absolute Gasteiger partial charge is 0.452 e. The van der Waals surface area contributed by atoms with E-state index in [4.69, 9.17) is 16.3 Å². The first-order valence-electron chi connectivity index (χ1n) is 7.71. The van der Waals surface area contributed by atoms with Crippen molar-refractivity contribution in [3.63, 3.8) is 0 Å². The number of ether oxygens (including phenoxy) is 1. The van der Waals surface area contributed by atoms with E-state index in [2.05, 4.69) is 26.6 Å². The van der Waals surface area contributed by atoms with Gasteiger partial charge in [0.25, 0.3) is 5.91 Å². The highest BCUT2D eigenvalue weighted by molar-refractivity contribution is 9.10. The number of carbonyl (C=O) groups is 3. The lowest BCUT2D eigenvalue weighted by Gasteiger charge is -2.10. The Bertz CT molecular complexity index is 892. The summed E-state index contributed by atoms with van der Waals surface area (Å²) in [5.74, 6) is -2.92. The third kappa shape index (κ3) is 6.04. The lowest BCUT2D eigenvalue weighted by Crippen LogP contribution is -2.35. The second kappa shape index (κ2) is 9.48. The summed E-state index contributed by atoms with van der Waals surface area (Å²) in [6, 6.07) is 8.87. The van der Waals surface area contributed by atoms with Crippen molar-refractivity contribution in [2.45, 2.75) is 6.92 Å². The van der Waals surface area contributed by atoms with E-state index < -0.39 is 30.2 Å². The van der Waals surface area contributed by atoms with Crippen molar-refractivity contribution < 1.29 is 23.5 Å². The summed E-state index contributed by atoms with van der Waals surface area (Å²) in [6.45, 7) is 0.782. The highest BCUT2D eigenvalue weighted by Crippen LogP contribution is 2.22. The fraction of sp³-hybridized carbons (Fsp3) is 0.167. The Balaban J connectivity index is 1.79. The summed E-state index contributed by atoms with van der Waals surface area (Å²) < 4.78 is 18.9. The van der Waals surface area contributed by atoms with Crippen molar-refractivity contribution in [3.8, 4) is 0 Å². The first kappa shape index (κ1) is 20.9. The molecule has 6 nitrogen and oxygen atoms in total. The van der Waals surface area contributed by atoms with Crippen LogP contribution < -0.4 is 10.6 Å². The average molecular weight is 458 g/mol. The summed E-state index contributed by atoms with van der Waals surface area (Å²) in [7, 11) is 0. The zero-order valence-electron chi connectivity index (χ0n) is 14.1. The zero-order valence-corrected chi connectivity index (χ0v) is 16.5. The Kier molecular flexibility index (Phi) is 7.32. The molecule has 2 aromatic carbocycles. The Hall–Kier alpha value is -2.45. The molecule has 0 spiro atoms. The van der Waals surface area contributed by atoms with Crippen LogP contribution in [-0.4, -0.2) is 30.9 Å². The summed E-state index contributed by atoms with van der Waals surface area (Å²) in [6.07, 6.45) is 0. The smallest absolute Gasteiger partial charge is 0.341 e. The summed E-state index contributed by atoms with van der Waals surface area (Å²) in [4.78, 5) is 35.4. The quantitative estimate of drug-likeness (QED) is 0.651. The van der Waals surface area contributed by atoms with Gasteiger partial charge in [-0.15, -0.1) is 0 Å². The van der Waals surface area contributed by atoms with Crippen LogP contribution in [0, 0.1) is 12.7 Å². The number of hydrogen-bond donors (Lipinski definition) is 2. The second-order valence-corrected chi connectivity index (χ2v) is 6.76. The fourth-order valence-corrected chi connectivity index (χ4v) is 2.54. The molecule has 0 saturated heterocycles. The maximum Gasteiger partial charge on any atom is 0.341 e. The maximum atomic E-state index is 13.7. The molecule has 0 aliphatic rings. The van der Waals surface area contributed by atoms with Gasteiger partial charge < -0.3 is 15.4 Å². The number of rotatable bonds is 6. The highest BCUT2D eigenvalue weighted by Gasteiger charge is 2.15. The maximum absolute atomic E-state index is 13.7. The van der Waals surface area contributed by atoms with Gasteiger partial charge in [0, 0.05) is 15.2 Å². The van der Waals surface area contributed by atoms with E-state index in [1.54, 1.807) is 25.1 Å². The van der Waals surface area contributed by atoms with E-state index in [1.165, 1.54) is 12.1 Å². The van der Waals surface area contributed by atoms with E-state index in [-0.39, 0.29) is 12.1 Å². The van der Waals surface area contributed by atoms with Crippen LogP contribution in [0.1, 0.15) is 15.9 Å². The Morgan fingerprint density at radius 1 is 1.19 bits per heavy atom. The molecule has 0 unspecified atom stereocenters. The van der Waals surface area contributed by atoms with Crippen molar-refractivity contribution in [2.75, 3.05) is 18.5 Å². The van der Waals surface area contributed by atoms with Crippen LogP contribution in [-0.2, 0) is 14.3 Å². The van der Waals surface area contributed by atoms with E-state index in [0.29, 0.717) is 20.7 Å². The molecule has 0 fully saturated rings. The molecule has 27 heavy (non-hydrogen) atoms. The standard InChI is InChI=1S/C18H15BrClFN2O4/c1-10-13(20)3-2-4-15(10)23-16(24)8-22-17(25)9-27-18(26)12-6-5-11(19)7-14(12)21/h2-7H,8-9H2,1H3,(H,22,25)(H,23,24). The number of carbonyl (C=O) groups excluding carboxylic acids is 3. The van der Waals surface area contributed by atoms with Crippen LogP contribution in [0.25, 0.3) is 0 Å². The molecule has 2 aromatic rings. The zero-order chi connectivity index (χ0) is 20.0. The Morgan fingerprint density at radius 2 is 1.93 bits per heavy atom. The van der Waals surface area contributed by atoms with Crippen molar-refractivity contribution in [1.29, 1.82) is 0 Å². The third-order valence-electron chi connectivity index (χ3n) is 3.47. The molecule has 2 rings (SSSR count). The molecule has 9 heteroatoms. The molecule has 0 saturated carbocycles. The first-order chi connectivity index (χ1) is 12.8. The summed E-state index contributed by atoms with van der Waals surface area (Å²) in [5, 5.41) is 5.42. The van der Waals surface area contributed by atoms with Gasteiger partial charge in [-0.05, 0) is 42.8 Å². The van der Waals surface area contributed by atoms with Crippen molar-refractivity contribution in [3.05, 3.63) is 62.8 Å². The number of halogens is 3. The van der Waals surface area contributed by atoms with Crippen LogP contribution >= 0.6 is 27.5 Å². The highest BCUT2D eigenvalue weighted by atomic mass is 79.9. The molecular formula is C18H15BrClFN2O4. The molecule has 2 N–H and O–H groups in total. The molecule has 142 valence electrons. The SMILES string of the molecule is Cc1c(Cl)cccc1NC(=O)CNC(=O)COC(=O)c1ccc(Br)cc1F. The average Bonchev–Trinajstić information content (AvgIpc) is 2.62. The first-order valence-corrected chi connectivity index (χ1v) is 8.89. The van der Waals surface area contributed by atoms with Gasteiger partial charge in [-0.3, -0.25) is 9.59 Å². The van der Waals surface area contributed by atoms with E-state index >= 15 is 0 Å². The molecular weight excluding hydrogens is 443 g/mol. The Morgan fingerprint density at radius 3 is 2.63 bits per heavy atom. The van der Waals surface area contributed by atoms with Crippen LogP contribution in [0.5, 0.6) is 0 Å². The number of esters is 1. The number of anilines is 1. The number of benzene rings is 2. The van der Waals surface area contributed by atoms with Crippen LogP contribution in [0.4, 0.5) is 10.1 Å². The van der Waals surface area contributed by atoms with Crippen LogP contribution in [0.2, 0.25) is 5.02 Å². The molecule has 0 bridgehead atoms. The van der Waals surface area contributed by atoms with Crippen LogP contribution in [0.3, 0.4) is 0 Å². The number of hydrogen-bond acceptors (Lipinski definition) is 4. The predicted octanol–water partition coefficient (Wildman–Crippen LogP) is 3.46. The second-order valence-electron chi connectivity index (χ2n) is 5.44. The van der Waals surface area contributed by atoms with E-state index in [0.717, 1.165) is 6.07 Å². The van der Waals surface area contributed by atoms with Crippen LogP contribution in [0.15, 0.2) is 40.9 Å². The Labute approximate surface area is 168 Å². The van der Waals surface area contributed by atoms with Gasteiger partial charge in [-0.1, -0.05) is 33.6 Å². The molecule has 0 aromatic heterocycles.